The molecule has 0 saturated heterocycles. The van der Waals surface area contributed by atoms with Crippen LogP contribution in [-0.2, 0) is 0 Å². The van der Waals surface area contributed by atoms with E-state index in [0.29, 0.717) is 33.4 Å². The zero-order chi connectivity index (χ0) is 17.0. The second kappa shape index (κ2) is 7.79. The van der Waals surface area contributed by atoms with E-state index in [2.05, 4.69) is 0 Å². The molecule has 2 rings (SSSR count). The minimum absolute atomic E-state index is 0.145. The SMILES string of the molecule is CN(CC(O)CN)c1ccc(Cl)cc1C(=O)c1ccccc1Cl. The normalized spacial score (nSPS) is 12.0. The maximum absolute atomic E-state index is 12.8. The Morgan fingerprint density at radius 3 is 2.57 bits per heavy atom. The molecule has 2 aromatic carbocycles. The van der Waals surface area contributed by atoms with Gasteiger partial charge in [-0.05, 0) is 30.3 Å². The van der Waals surface area contributed by atoms with Crippen LogP contribution in [0, 0.1) is 0 Å². The molecule has 0 aliphatic carbocycles. The van der Waals surface area contributed by atoms with Crippen LogP contribution < -0.4 is 10.6 Å². The summed E-state index contributed by atoms with van der Waals surface area (Å²) in [5, 5.41) is 10.6. The van der Waals surface area contributed by atoms with Crippen molar-refractivity contribution in [3.63, 3.8) is 0 Å². The van der Waals surface area contributed by atoms with Crippen molar-refractivity contribution in [2.45, 2.75) is 6.10 Å². The number of anilines is 1. The molecule has 0 fully saturated rings. The summed E-state index contributed by atoms with van der Waals surface area (Å²) in [4.78, 5) is 14.6. The van der Waals surface area contributed by atoms with Gasteiger partial charge in [-0.2, -0.15) is 0 Å². The van der Waals surface area contributed by atoms with Gasteiger partial charge < -0.3 is 15.7 Å². The minimum Gasteiger partial charge on any atom is -0.390 e. The van der Waals surface area contributed by atoms with E-state index < -0.39 is 6.10 Å². The molecule has 23 heavy (non-hydrogen) atoms. The smallest absolute Gasteiger partial charge is 0.196 e. The van der Waals surface area contributed by atoms with E-state index >= 15 is 0 Å². The van der Waals surface area contributed by atoms with Gasteiger partial charge in [0.05, 0.1) is 11.1 Å². The van der Waals surface area contributed by atoms with Crippen LogP contribution in [0.5, 0.6) is 0 Å². The molecule has 0 bridgehead atoms. The maximum atomic E-state index is 12.8. The number of carbonyl (C=O) groups excluding carboxylic acids is 1. The van der Waals surface area contributed by atoms with Crippen molar-refractivity contribution in [1.82, 2.24) is 0 Å². The second-order valence-electron chi connectivity index (χ2n) is 5.24. The third-order valence-corrected chi connectivity index (χ3v) is 4.05. The topological polar surface area (TPSA) is 66.6 Å². The highest BCUT2D eigenvalue weighted by atomic mass is 35.5. The number of nitrogens with zero attached hydrogens (tertiary/aromatic N) is 1. The van der Waals surface area contributed by atoms with Crippen LogP contribution in [-0.4, -0.2) is 37.1 Å². The summed E-state index contributed by atoms with van der Waals surface area (Å²) in [6.07, 6.45) is -0.682. The Morgan fingerprint density at radius 2 is 1.91 bits per heavy atom. The molecule has 0 aliphatic rings. The lowest BCUT2D eigenvalue weighted by Gasteiger charge is -2.24. The number of likely N-dealkylation sites (N-methyl/N-ethyl adjacent to an activating group) is 1. The van der Waals surface area contributed by atoms with Gasteiger partial charge in [-0.25, -0.2) is 0 Å². The maximum Gasteiger partial charge on any atom is 0.196 e. The largest absolute Gasteiger partial charge is 0.390 e. The standard InChI is InChI=1S/C17H18Cl2N2O2/c1-21(10-12(22)9-20)16-7-6-11(18)8-14(16)17(23)13-4-2-3-5-15(13)19/h2-8,12,22H,9-10,20H2,1H3. The van der Waals surface area contributed by atoms with Gasteiger partial charge in [0, 0.05) is 42.0 Å². The summed E-state index contributed by atoms with van der Waals surface area (Å²) in [5.41, 5.74) is 6.94. The van der Waals surface area contributed by atoms with E-state index in [0.717, 1.165) is 0 Å². The fourth-order valence-corrected chi connectivity index (χ4v) is 2.70. The average molecular weight is 353 g/mol. The van der Waals surface area contributed by atoms with E-state index in [1.54, 1.807) is 54.4 Å². The number of rotatable bonds is 6. The second-order valence-corrected chi connectivity index (χ2v) is 6.08. The lowest BCUT2D eigenvalue weighted by atomic mass is 10.0. The van der Waals surface area contributed by atoms with E-state index in [4.69, 9.17) is 28.9 Å². The first-order chi connectivity index (χ1) is 10.9. The minimum atomic E-state index is -0.682. The predicted octanol–water partition coefficient (Wildman–Crippen LogP) is 2.98. The van der Waals surface area contributed by atoms with Crippen LogP contribution in [0.1, 0.15) is 15.9 Å². The first-order valence-electron chi connectivity index (χ1n) is 7.12. The lowest BCUT2D eigenvalue weighted by Crippen LogP contribution is -2.34. The van der Waals surface area contributed by atoms with Crippen molar-refractivity contribution >= 4 is 34.7 Å². The quantitative estimate of drug-likeness (QED) is 0.784. The zero-order valence-electron chi connectivity index (χ0n) is 12.7. The fraction of sp³-hybridized carbons (Fsp3) is 0.235. The fourth-order valence-electron chi connectivity index (χ4n) is 2.30. The molecule has 1 unspecified atom stereocenters. The molecule has 0 amide bonds. The molecular weight excluding hydrogens is 335 g/mol. The van der Waals surface area contributed by atoms with Crippen LogP contribution in [0.25, 0.3) is 0 Å². The number of benzene rings is 2. The van der Waals surface area contributed by atoms with Gasteiger partial charge in [-0.3, -0.25) is 4.79 Å². The lowest BCUT2D eigenvalue weighted by molar-refractivity contribution is 0.103. The highest BCUT2D eigenvalue weighted by molar-refractivity contribution is 6.35. The number of carbonyl (C=O) groups is 1. The summed E-state index contributed by atoms with van der Waals surface area (Å²) in [7, 11) is 1.78. The Morgan fingerprint density at radius 1 is 1.22 bits per heavy atom. The van der Waals surface area contributed by atoms with Gasteiger partial charge in [-0.1, -0.05) is 35.3 Å². The Labute approximate surface area is 145 Å². The highest BCUT2D eigenvalue weighted by Crippen LogP contribution is 2.28. The van der Waals surface area contributed by atoms with Crippen LogP contribution in [0.3, 0.4) is 0 Å². The molecule has 0 aliphatic heterocycles. The third-order valence-electron chi connectivity index (χ3n) is 3.49. The van der Waals surface area contributed by atoms with Crippen molar-refractivity contribution in [2.75, 3.05) is 25.0 Å². The number of aliphatic hydroxyl groups is 1. The van der Waals surface area contributed by atoms with E-state index in [1.807, 2.05) is 0 Å². The summed E-state index contributed by atoms with van der Waals surface area (Å²) in [6.45, 7) is 0.451. The van der Waals surface area contributed by atoms with Crippen molar-refractivity contribution in [3.8, 4) is 0 Å². The Bertz CT molecular complexity index is 707. The van der Waals surface area contributed by atoms with Gasteiger partial charge in [0.15, 0.2) is 5.78 Å². The average Bonchev–Trinajstić information content (AvgIpc) is 2.54. The molecule has 4 nitrogen and oxygen atoms in total. The van der Waals surface area contributed by atoms with Crippen LogP contribution >= 0.6 is 23.2 Å². The summed E-state index contributed by atoms with van der Waals surface area (Å²) in [6, 6.07) is 11.9. The Hall–Kier alpha value is -1.59. The molecule has 3 N–H and O–H groups in total. The van der Waals surface area contributed by atoms with Gasteiger partial charge in [-0.15, -0.1) is 0 Å². The molecule has 2 aromatic rings. The van der Waals surface area contributed by atoms with Crippen LogP contribution in [0.2, 0.25) is 10.0 Å². The van der Waals surface area contributed by atoms with Crippen molar-refractivity contribution in [1.29, 1.82) is 0 Å². The molecule has 6 heteroatoms. The van der Waals surface area contributed by atoms with Gasteiger partial charge in [0.1, 0.15) is 0 Å². The Kier molecular flexibility index (Phi) is 6.02. The van der Waals surface area contributed by atoms with E-state index in [9.17, 15) is 9.90 Å². The zero-order valence-corrected chi connectivity index (χ0v) is 14.2. The third kappa shape index (κ3) is 4.24. The van der Waals surface area contributed by atoms with Crippen LogP contribution in [0.4, 0.5) is 5.69 Å². The summed E-state index contributed by atoms with van der Waals surface area (Å²) < 4.78 is 0. The number of aliphatic hydroxyl groups excluding tert-OH is 1. The molecule has 0 saturated carbocycles. The molecule has 0 aromatic heterocycles. The first kappa shape index (κ1) is 17.8. The number of hydrogen-bond donors (Lipinski definition) is 2. The molecule has 0 radical (unpaired) electrons. The molecule has 122 valence electrons. The van der Waals surface area contributed by atoms with Crippen molar-refractivity contribution < 1.29 is 9.90 Å². The molecule has 1 atom stereocenters. The number of halogens is 2. The predicted molar refractivity (Wildman–Crippen MR) is 94.7 cm³/mol. The number of hydrogen-bond acceptors (Lipinski definition) is 4. The van der Waals surface area contributed by atoms with Gasteiger partial charge >= 0.3 is 0 Å². The Balaban J connectivity index is 2.43. The number of ketones is 1. The summed E-state index contributed by atoms with van der Waals surface area (Å²) in [5.74, 6) is -0.220. The number of nitrogens with two attached hydrogens (primary N) is 1. The van der Waals surface area contributed by atoms with Crippen LogP contribution in [0.15, 0.2) is 42.5 Å². The van der Waals surface area contributed by atoms with Crippen molar-refractivity contribution in [3.05, 3.63) is 63.6 Å². The van der Waals surface area contributed by atoms with Crippen molar-refractivity contribution in [2.24, 2.45) is 5.73 Å². The summed E-state index contributed by atoms with van der Waals surface area (Å²) >= 11 is 12.2. The first-order valence-corrected chi connectivity index (χ1v) is 7.87. The molecule has 0 heterocycles. The van der Waals surface area contributed by atoms with E-state index in [-0.39, 0.29) is 12.3 Å². The van der Waals surface area contributed by atoms with Gasteiger partial charge in [0.2, 0.25) is 0 Å². The monoisotopic (exact) mass is 352 g/mol. The van der Waals surface area contributed by atoms with E-state index in [1.165, 1.54) is 0 Å². The van der Waals surface area contributed by atoms with Gasteiger partial charge in [0.25, 0.3) is 0 Å². The highest BCUT2D eigenvalue weighted by Gasteiger charge is 2.19. The molecule has 0 spiro atoms. The molecular formula is C17H18Cl2N2O2.